The number of rotatable bonds is 4. The number of halogens is 4. The topological polar surface area (TPSA) is 71.6 Å². The number of piperazine rings is 1. The van der Waals surface area contributed by atoms with Gasteiger partial charge in [0.2, 0.25) is 11.5 Å². The Morgan fingerprint density at radius 2 is 1.83 bits per heavy atom. The van der Waals surface area contributed by atoms with Gasteiger partial charge in [0.25, 0.3) is 5.56 Å². The number of carbonyl (C=O) groups is 1. The normalized spacial score (nSPS) is 14.7. The van der Waals surface area contributed by atoms with Crippen LogP contribution in [0.25, 0.3) is 22.1 Å². The SMILES string of the molecule is O=C(CCn1cnc2c(oc3ccc(F)cc32)c1=O)N1CCN(c2cccc(C(F)(F)F)c2)CC1. The van der Waals surface area contributed by atoms with Crippen molar-refractivity contribution in [2.45, 2.75) is 19.1 Å². The Morgan fingerprint density at radius 1 is 1.06 bits per heavy atom. The number of alkyl halides is 3. The number of hydrogen-bond acceptors (Lipinski definition) is 5. The number of nitrogens with zero attached hydrogens (tertiary/aromatic N) is 4. The maximum absolute atomic E-state index is 13.6. The van der Waals surface area contributed by atoms with Crippen LogP contribution in [0.15, 0.2) is 58.0 Å². The number of furan rings is 1. The fourth-order valence-corrected chi connectivity index (χ4v) is 4.27. The molecule has 0 unspecified atom stereocenters. The average Bonchev–Trinajstić information content (AvgIpc) is 3.22. The zero-order chi connectivity index (χ0) is 24.7. The van der Waals surface area contributed by atoms with Crippen molar-refractivity contribution < 1.29 is 26.8 Å². The van der Waals surface area contributed by atoms with E-state index in [1.807, 2.05) is 4.90 Å². The highest BCUT2D eigenvalue weighted by Crippen LogP contribution is 2.32. The van der Waals surface area contributed by atoms with Gasteiger partial charge in [0.1, 0.15) is 16.9 Å². The van der Waals surface area contributed by atoms with Gasteiger partial charge in [-0.2, -0.15) is 13.2 Å². The molecule has 1 saturated heterocycles. The van der Waals surface area contributed by atoms with Gasteiger partial charge in [-0.05, 0) is 36.4 Å². The summed E-state index contributed by atoms with van der Waals surface area (Å²) in [6.07, 6.45) is -3.06. The van der Waals surface area contributed by atoms with E-state index in [0.717, 1.165) is 12.1 Å². The lowest BCUT2D eigenvalue weighted by molar-refractivity contribution is -0.137. The van der Waals surface area contributed by atoms with Crippen LogP contribution in [0.2, 0.25) is 0 Å². The molecule has 3 heterocycles. The Hall–Kier alpha value is -3.89. The van der Waals surface area contributed by atoms with E-state index in [1.54, 1.807) is 11.0 Å². The van der Waals surface area contributed by atoms with Crippen molar-refractivity contribution in [1.29, 1.82) is 0 Å². The quantitative estimate of drug-likeness (QED) is 0.406. The van der Waals surface area contributed by atoms with Crippen molar-refractivity contribution >= 4 is 33.7 Å². The fraction of sp³-hybridized carbons (Fsp3) is 0.292. The summed E-state index contributed by atoms with van der Waals surface area (Å²) in [6.45, 7) is 1.60. The van der Waals surface area contributed by atoms with Gasteiger partial charge < -0.3 is 14.2 Å². The number of amides is 1. The molecule has 1 amide bonds. The van der Waals surface area contributed by atoms with Gasteiger partial charge in [-0.1, -0.05) is 6.07 Å². The molecule has 1 fully saturated rings. The lowest BCUT2D eigenvalue weighted by Crippen LogP contribution is -2.49. The average molecular weight is 488 g/mol. The van der Waals surface area contributed by atoms with E-state index in [-0.39, 0.29) is 30.0 Å². The van der Waals surface area contributed by atoms with Gasteiger partial charge in [-0.25, -0.2) is 9.37 Å². The second kappa shape index (κ2) is 8.71. The van der Waals surface area contributed by atoms with E-state index >= 15 is 0 Å². The number of benzene rings is 2. The summed E-state index contributed by atoms with van der Waals surface area (Å²) in [7, 11) is 0. The summed E-state index contributed by atoms with van der Waals surface area (Å²) >= 11 is 0. The lowest BCUT2D eigenvalue weighted by atomic mass is 10.1. The number of fused-ring (bicyclic) bond motifs is 3. The van der Waals surface area contributed by atoms with Crippen LogP contribution in [-0.4, -0.2) is 46.5 Å². The number of carbonyl (C=O) groups excluding carboxylic acids is 1. The molecule has 0 atom stereocenters. The highest BCUT2D eigenvalue weighted by atomic mass is 19.4. The number of hydrogen-bond donors (Lipinski definition) is 0. The maximum atomic E-state index is 13.6. The Bertz CT molecular complexity index is 1470. The van der Waals surface area contributed by atoms with Crippen LogP contribution >= 0.6 is 0 Å². The Kier molecular flexibility index (Phi) is 5.70. The molecule has 0 spiro atoms. The molecule has 2 aromatic carbocycles. The molecule has 0 bridgehead atoms. The number of aryl methyl sites for hydroxylation is 1. The molecule has 0 saturated carbocycles. The zero-order valence-electron chi connectivity index (χ0n) is 18.4. The van der Waals surface area contributed by atoms with Gasteiger partial charge in [-0.3, -0.25) is 14.2 Å². The largest absolute Gasteiger partial charge is 0.448 e. The summed E-state index contributed by atoms with van der Waals surface area (Å²) in [6, 6.07) is 9.04. The van der Waals surface area contributed by atoms with E-state index in [9.17, 15) is 27.2 Å². The lowest BCUT2D eigenvalue weighted by Gasteiger charge is -2.36. The highest BCUT2D eigenvalue weighted by Gasteiger charge is 2.31. The molecule has 2 aromatic heterocycles. The summed E-state index contributed by atoms with van der Waals surface area (Å²) in [5.41, 5.74) is -0.108. The fourth-order valence-electron chi connectivity index (χ4n) is 4.27. The predicted molar refractivity (Wildman–Crippen MR) is 121 cm³/mol. The van der Waals surface area contributed by atoms with Gasteiger partial charge in [-0.15, -0.1) is 0 Å². The van der Waals surface area contributed by atoms with Crippen LogP contribution in [0.1, 0.15) is 12.0 Å². The van der Waals surface area contributed by atoms with Gasteiger partial charge in [0.15, 0.2) is 0 Å². The monoisotopic (exact) mass is 488 g/mol. The summed E-state index contributed by atoms with van der Waals surface area (Å²) in [4.78, 5) is 33.2. The Labute approximate surface area is 196 Å². The van der Waals surface area contributed by atoms with Crippen LogP contribution in [0, 0.1) is 5.82 Å². The minimum atomic E-state index is -4.41. The zero-order valence-corrected chi connectivity index (χ0v) is 18.4. The Morgan fingerprint density at radius 3 is 2.57 bits per heavy atom. The second-order valence-electron chi connectivity index (χ2n) is 8.33. The van der Waals surface area contributed by atoms with Gasteiger partial charge in [0.05, 0.1) is 11.9 Å². The van der Waals surface area contributed by atoms with Crippen molar-refractivity contribution in [1.82, 2.24) is 14.5 Å². The van der Waals surface area contributed by atoms with Crippen molar-refractivity contribution in [2.75, 3.05) is 31.1 Å². The van der Waals surface area contributed by atoms with Crippen LogP contribution in [0.3, 0.4) is 0 Å². The third kappa shape index (κ3) is 4.45. The van der Waals surface area contributed by atoms with E-state index in [0.29, 0.717) is 42.8 Å². The molecular weight excluding hydrogens is 468 g/mol. The van der Waals surface area contributed by atoms with E-state index in [1.165, 1.54) is 35.2 Å². The standard InChI is InChI=1S/C24H20F4N4O3/c25-16-4-5-19-18(13-16)21-22(35-19)23(34)32(14-29-21)7-6-20(33)31-10-8-30(9-11-31)17-3-1-2-15(12-17)24(26,27)28/h1-5,12-14H,6-11H2. The first-order valence-electron chi connectivity index (χ1n) is 11.0. The molecule has 0 aliphatic carbocycles. The minimum absolute atomic E-state index is 0.00440. The predicted octanol–water partition coefficient (Wildman–Crippen LogP) is 4.04. The molecule has 5 rings (SSSR count). The Balaban J connectivity index is 1.23. The first kappa shape index (κ1) is 22.9. The van der Waals surface area contributed by atoms with Crippen molar-refractivity contribution in [3.8, 4) is 0 Å². The van der Waals surface area contributed by atoms with E-state index < -0.39 is 23.1 Å². The minimum Gasteiger partial charge on any atom is -0.448 e. The smallest absolute Gasteiger partial charge is 0.416 e. The molecule has 4 aromatic rings. The van der Waals surface area contributed by atoms with Crippen molar-refractivity contribution in [3.05, 3.63) is 70.5 Å². The molecule has 7 nitrogen and oxygen atoms in total. The molecule has 182 valence electrons. The molecular formula is C24H20F4N4O3. The molecule has 0 N–H and O–H groups in total. The molecule has 11 heteroatoms. The third-order valence-corrected chi connectivity index (χ3v) is 6.14. The highest BCUT2D eigenvalue weighted by molar-refractivity contribution is 6.01. The molecule has 1 aliphatic rings. The second-order valence-corrected chi connectivity index (χ2v) is 8.33. The first-order chi connectivity index (χ1) is 16.7. The molecule has 35 heavy (non-hydrogen) atoms. The maximum Gasteiger partial charge on any atom is 0.416 e. The van der Waals surface area contributed by atoms with Crippen molar-refractivity contribution in [2.24, 2.45) is 0 Å². The molecule has 1 aliphatic heterocycles. The third-order valence-electron chi connectivity index (χ3n) is 6.14. The summed E-state index contributed by atoms with van der Waals surface area (Å²) in [5, 5.41) is 0.402. The first-order valence-corrected chi connectivity index (χ1v) is 11.0. The van der Waals surface area contributed by atoms with Crippen molar-refractivity contribution in [3.63, 3.8) is 0 Å². The number of aromatic nitrogens is 2. The van der Waals surface area contributed by atoms with E-state index in [2.05, 4.69) is 4.98 Å². The number of anilines is 1. The van der Waals surface area contributed by atoms with Crippen LogP contribution in [-0.2, 0) is 17.5 Å². The van der Waals surface area contributed by atoms with Gasteiger partial charge >= 0.3 is 6.18 Å². The van der Waals surface area contributed by atoms with Crippen LogP contribution < -0.4 is 10.5 Å². The van der Waals surface area contributed by atoms with Crippen LogP contribution in [0.4, 0.5) is 23.2 Å². The summed E-state index contributed by atoms with van der Waals surface area (Å²) in [5.74, 6) is -0.641. The molecule has 0 radical (unpaired) electrons. The van der Waals surface area contributed by atoms with E-state index in [4.69, 9.17) is 4.42 Å². The summed E-state index contributed by atoms with van der Waals surface area (Å²) < 4.78 is 59.4. The van der Waals surface area contributed by atoms with Crippen LogP contribution in [0.5, 0.6) is 0 Å². The van der Waals surface area contributed by atoms with Gasteiger partial charge in [0, 0.05) is 50.2 Å².